The maximum absolute atomic E-state index is 12.7. The molecule has 0 saturated carbocycles. The minimum absolute atomic E-state index is 0.0776. The van der Waals surface area contributed by atoms with E-state index in [0.29, 0.717) is 43.9 Å². The average molecular weight is 389 g/mol. The molecule has 2 aliphatic heterocycles. The molecular weight excluding hydrogens is 362 g/mol. The highest BCUT2D eigenvalue weighted by Crippen LogP contribution is 2.34. The molecule has 1 N–H and O–H groups in total. The van der Waals surface area contributed by atoms with Crippen LogP contribution in [0.4, 0.5) is 4.79 Å². The van der Waals surface area contributed by atoms with Gasteiger partial charge in [-0.15, -0.1) is 0 Å². The average Bonchev–Trinajstić information content (AvgIpc) is 2.82. The second kappa shape index (κ2) is 7.37. The smallest absolute Gasteiger partial charge is 0.341 e. The quantitative estimate of drug-likeness (QED) is 0.752. The van der Waals surface area contributed by atoms with Crippen LogP contribution in [0, 0.1) is 19.8 Å². The van der Waals surface area contributed by atoms with E-state index in [2.05, 4.69) is 10.3 Å². The Kier molecular flexibility index (Phi) is 5.27. The van der Waals surface area contributed by atoms with E-state index < -0.39 is 11.2 Å². The maximum Gasteiger partial charge on any atom is 0.348 e. The van der Waals surface area contributed by atoms with E-state index in [-0.39, 0.29) is 30.3 Å². The number of nitrogens with one attached hydrogen (secondary N) is 1. The van der Waals surface area contributed by atoms with Crippen molar-refractivity contribution in [2.24, 2.45) is 5.92 Å². The monoisotopic (exact) mass is 389 g/mol. The van der Waals surface area contributed by atoms with Gasteiger partial charge in [0.25, 0.3) is 5.91 Å². The van der Waals surface area contributed by atoms with E-state index >= 15 is 0 Å². The number of piperidine rings is 1. The minimum atomic E-state index is -0.879. The predicted octanol–water partition coefficient (Wildman–Crippen LogP) is 0.429. The first-order valence-corrected chi connectivity index (χ1v) is 9.60. The van der Waals surface area contributed by atoms with Gasteiger partial charge in [0.15, 0.2) is 0 Å². The summed E-state index contributed by atoms with van der Waals surface area (Å²) in [5, 5.41) is 2.43. The Morgan fingerprint density at radius 1 is 1.21 bits per heavy atom. The lowest BCUT2D eigenvalue weighted by molar-refractivity contribution is -0.138. The molecule has 2 aliphatic rings. The fourth-order valence-corrected chi connectivity index (χ4v) is 4.05. The summed E-state index contributed by atoms with van der Waals surface area (Å²) < 4.78 is 1.36. The Bertz CT molecular complexity index is 868. The predicted molar refractivity (Wildman–Crippen MR) is 102 cm³/mol. The summed E-state index contributed by atoms with van der Waals surface area (Å²) in [6.07, 6.45) is 0.784. The minimum Gasteiger partial charge on any atom is -0.341 e. The summed E-state index contributed by atoms with van der Waals surface area (Å²) in [5.74, 6) is -0.233. The summed E-state index contributed by atoms with van der Waals surface area (Å²) in [7, 11) is 0. The van der Waals surface area contributed by atoms with Crippen LogP contribution in [0.15, 0.2) is 10.9 Å². The molecule has 0 atom stereocenters. The SMILES string of the molecule is Cc1cc(C)n(CC(=O)N2CCC3(CC2)C(=O)NC(=O)N3CC(C)C)c(=O)n1. The van der Waals surface area contributed by atoms with Crippen LogP contribution in [0.1, 0.15) is 38.1 Å². The zero-order chi connectivity index (χ0) is 20.6. The Labute approximate surface area is 163 Å². The van der Waals surface area contributed by atoms with Gasteiger partial charge in [-0.3, -0.25) is 19.5 Å². The largest absolute Gasteiger partial charge is 0.348 e. The molecular formula is C19H27N5O4. The van der Waals surface area contributed by atoms with Gasteiger partial charge in [0, 0.05) is 31.0 Å². The number of urea groups is 1. The molecule has 1 spiro atoms. The van der Waals surface area contributed by atoms with Gasteiger partial charge in [-0.2, -0.15) is 4.98 Å². The maximum atomic E-state index is 12.7. The van der Waals surface area contributed by atoms with E-state index in [9.17, 15) is 19.2 Å². The fourth-order valence-electron chi connectivity index (χ4n) is 4.05. The van der Waals surface area contributed by atoms with Crippen molar-refractivity contribution in [3.05, 3.63) is 27.9 Å². The van der Waals surface area contributed by atoms with Gasteiger partial charge in [-0.25, -0.2) is 9.59 Å². The first kappa shape index (κ1) is 20.0. The van der Waals surface area contributed by atoms with Crippen molar-refractivity contribution >= 4 is 17.8 Å². The van der Waals surface area contributed by atoms with Crippen molar-refractivity contribution in [2.75, 3.05) is 19.6 Å². The summed E-state index contributed by atoms with van der Waals surface area (Å²) >= 11 is 0. The van der Waals surface area contributed by atoms with Gasteiger partial charge in [0.2, 0.25) is 5.91 Å². The number of carbonyl (C=O) groups is 3. The second-order valence-electron chi connectivity index (χ2n) is 8.08. The molecule has 152 valence electrons. The second-order valence-corrected chi connectivity index (χ2v) is 8.08. The van der Waals surface area contributed by atoms with E-state index in [4.69, 9.17) is 0 Å². The molecule has 9 nitrogen and oxygen atoms in total. The van der Waals surface area contributed by atoms with Gasteiger partial charge in [-0.1, -0.05) is 13.8 Å². The Hall–Kier alpha value is -2.71. The van der Waals surface area contributed by atoms with Gasteiger partial charge in [0.1, 0.15) is 12.1 Å². The van der Waals surface area contributed by atoms with Crippen LogP contribution in [0.2, 0.25) is 0 Å². The highest BCUT2D eigenvalue weighted by atomic mass is 16.2. The number of carbonyl (C=O) groups excluding carboxylic acids is 3. The van der Waals surface area contributed by atoms with Crippen LogP contribution in [0.25, 0.3) is 0 Å². The number of aromatic nitrogens is 2. The molecule has 3 rings (SSSR count). The standard InChI is InChI=1S/C19H27N5O4/c1-12(2)10-24-18(28)21-16(26)19(24)5-7-22(8-6-19)15(25)11-23-14(4)9-13(3)20-17(23)27/h9,12H,5-8,10-11H2,1-4H3,(H,21,26,28). The summed E-state index contributed by atoms with van der Waals surface area (Å²) in [4.78, 5) is 56.7. The number of imide groups is 1. The van der Waals surface area contributed by atoms with E-state index in [0.717, 1.165) is 0 Å². The van der Waals surface area contributed by atoms with Crippen molar-refractivity contribution in [1.29, 1.82) is 0 Å². The van der Waals surface area contributed by atoms with E-state index in [1.54, 1.807) is 29.7 Å². The highest BCUT2D eigenvalue weighted by Gasteiger charge is 2.54. The number of hydrogen-bond donors (Lipinski definition) is 1. The zero-order valence-electron chi connectivity index (χ0n) is 16.8. The third-order valence-electron chi connectivity index (χ3n) is 5.54. The molecule has 3 heterocycles. The summed E-state index contributed by atoms with van der Waals surface area (Å²) in [5.41, 5.74) is -0.0179. The van der Waals surface area contributed by atoms with Crippen molar-refractivity contribution < 1.29 is 14.4 Å². The number of aryl methyl sites for hydroxylation is 2. The van der Waals surface area contributed by atoms with Crippen LogP contribution < -0.4 is 11.0 Å². The fraction of sp³-hybridized carbons (Fsp3) is 0.632. The number of likely N-dealkylation sites (tertiary alicyclic amines) is 1. The topological polar surface area (TPSA) is 105 Å². The van der Waals surface area contributed by atoms with Gasteiger partial charge >= 0.3 is 11.7 Å². The number of rotatable bonds is 4. The van der Waals surface area contributed by atoms with E-state index in [1.807, 2.05) is 13.8 Å². The molecule has 2 fully saturated rings. The van der Waals surface area contributed by atoms with E-state index in [1.165, 1.54) is 4.57 Å². The molecule has 0 radical (unpaired) electrons. The Morgan fingerprint density at radius 2 is 1.86 bits per heavy atom. The Morgan fingerprint density at radius 3 is 2.43 bits per heavy atom. The van der Waals surface area contributed by atoms with Crippen molar-refractivity contribution in [1.82, 2.24) is 24.7 Å². The normalized spacial score (nSPS) is 18.9. The molecule has 0 unspecified atom stereocenters. The first-order chi connectivity index (χ1) is 13.1. The molecule has 0 aliphatic carbocycles. The molecule has 9 heteroatoms. The highest BCUT2D eigenvalue weighted by molar-refractivity contribution is 6.07. The number of hydrogen-bond acceptors (Lipinski definition) is 5. The molecule has 4 amide bonds. The van der Waals surface area contributed by atoms with Crippen LogP contribution in [-0.4, -0.2) is 62.4 Å². The molecule has 0 bridgehead atoms. The summed E-state index contributed by atoms with van der Waals surface area (Å²) in [6, 6.07) is 1.41. The molecule has 0 aromatic carbocycles. The van der Waals surface area contributed by atoms with Crippen LogP contribution in [-0.2, 0) is 16.1 Å². The van der Waals surface area contributed by atoms with Crippen LogP contribution >= 0.6 is 0 Å². The molecule has 1 aromatic rings. The lowest BCUT2D eigenvalue weighted by Gasteiger charge is -2.42. The third kappa shape index (κ3) is 3.53. The molecule has 1 aromatic heterocycles. The van der Waals surface area contributed by atoms with Gasteiger partial charge in [0.05, 0.1) is 0 Å². The number of nitrogens with zero attached hydrogens (tertiary/aromatic N) is 4. The van der Waals surface area contributed by atoms with Crippen molar-refractivity contribution in [3.63, 3.8) is 0 Å². The lowest BCUT2D eigenvalue weighted by Crippen LogP contribution is -2.58. The molecule has 2 saturated heterocycles. The van der Waals surface area contributed by atoms with Crippen molar-refractivity contribution in [2.45, 2.75) is 52.6 Å². The zero-order valence-corrected chi connectivity index (χ0v) is 16.8. The molecule has 28 heavy (non-hydrogen) atoms. The Balaban J connectivity index is 1.71. The summed E-state index contributed by atoms with van der Waals surface area (Å²) in [6.45, 7) is 8.65. The lowest BCUT2D eigenvalue weighted by atomic mass is 9.85. The van der Waals surface area contributed by atoms with Gasteiger partial charge in [-0.05, 0) is 38.7 Å². The van der Waals surface area contributed by atoms with Gasteiger partial charge < -0.3 is 9.80 Å². The van der Waals surface area contributed by atoms with Crippen LogP contribution in [0.3, 0.4) is 0 Å². The van der Waals surface area contributed by atoms with Crippen LogP contribution in [0.5, 0.6) is 0 Å². The third-order valence-corrected chi connectivity index (χ3v) is 5.54. The number of amides is 4. The van der Waals surface area contributed by atoms with Crippen molar-refractivity contribution in [3.8, 4) is 0 Å². The first-order valence-electron chi connectivity index (χ1n) is 9.60.